The Labute approximate surface area is 329 Å². The lowest BCUT2D eigenvalue weighted by Gasteiger charge is -2.20. The highest BCUT2D eigenvalue weighted by molar-refractivity contribution is 6.24. The van der Waals surface area contributed by atoms with E-state index < -0.39 is 6.04 Å². The molecule has 0 saturated carbocycles. The number of benzene rings is 10. The Morgan fingerprint density at radius 1 is 0.321 bits per heavy atom. The average molecular weight is 718 g/mol. The van der Waals surface area contributed by atoms with Crippen molar-refractivity contribution in [3.8, 4) is 44.5 Å². The first-order valence-electron chi connectivity index (χ1n) is 21.3. The number of para-hydroxylation sites is 2. The van der Waals surface area contributed by atoms with Gasteiger partial charge >= 0.3 is 0 Å². The van der Waals surface area contributed by atoms with E-state index in [4.69, 9.17) is 15.7 Å². The van der Waals surface area contributed by atoms with Crippen LogP contribution < -0.4 is 0 Å². The minimum Gasteiger partial charge on any atom is -0.456 e. The van der Waals surface area contributed by atoms with Crippen LogP contribution in [0.25, 0.3) is 121 Å². The first-order chi connectivity index (χ1) is 29.9. The molecular formula is C54H32O2. The van der Waals surface area contributed by atoms with E-state index in [2.05, 4.69) is 97.1 Å². The van der Waals surface area contributed by atoms with Gasteiger partial charge in [-0.25, -0.2) is 0 Å². The van der Waals surface area contributed by atoms with Crippen LogP contribution in [-0.4, -0.2) is 0 Å². The molecule has 10 aromatic carbocycles. The standard InChI is InChI=1S/C54H32O2/c1-2-14-33(15-3-1)51-41-19-6-8-21-43(41)53(44-22-9-7-20-42(44)51)46-31-36(30-34-16-4-5-17-37(34)46)38-28-29-49-54(45-23-11-13-25-48(45)55-49)52(38)35-26-27-40-39-18-10-12-24-47(39)56-50(40)32-35/h1-32H/i1D,2D,3D,14D,15D. The summed E-state index contributed by atoms with van der Waals surface area (Å²) < 4.78 is 56.6. The van der Waals surface area contributed by atoms with Crippen LogP contribution in [-0.2, 0) is 0 Å². The normalized spacial score (nSPS) is 13.2. The highest BCUT2D eigenvalue weighted by Gasteiger charge is 2.22. The maximum absolute atomic E-state index is 9.05. The van der Waals surface area contributed by atoms with Crippen LogP contribution in [0, 0.1) is 0 Å². The molecule has 56 heavy (non-hydrogen) atoms. The van der Waals surface area contributed by atoms with Crippen molar-refractivity contribution in [1.82, 2.24) is 0 Å². The van der Waals surface area contributed by atoms with Gasteiger partial charge in [0.25, 0.3) is 0 Å². The third kappa shape index (κ3) is 4.57. The smallest absolute Gasteiger partial charge is 0.136 e. The summed E-state index contributed by atoms with van der Waals surface area (Å²) in [6, 6.07) is 54.5. The molecule has 0 atom stereocenters. The Morgan fingerprint density at radius 3 is 1.62 bits per heavy atom. The summed E-state index contributed by atoms with van der Waals surface area (Å²) in [6.07, 6.45) is 0. The van der Waals surface area contributed by atoms with E-state index in [1.807, 2.05) is 66.7 Å². The van der Waals surface area contributed by atoms with E-state index in [9.17, 15) is 0 Å². The zero-order valence-electron chi connectivity index (χ0n) is 34.9. The van der Waals surface area contributed by atoms with Gasteiger partial charge in [0.05, 0.1) is 6.85 Å². The molecule has 0 bridgehead atoms. The molecule has 0 aliphatic heterocycles. The first kappa shape index (κ1) is 26.4. The summed E-state index contributed by atoms with van der Waals surface area (Å²) in [5.74, 6) is 0. The fourth-order valence-corrected chi connectivity index (χ4v) is 8.97. The molecule has 0 spiro atoms. The number of hydrogen-bond acceptors (Lipinski definition) is 2. The van der Waals surface area contributed by atoms with Gasteiger partial charge in [0.1, 0.15) is 22.3 Å². The van der Waals surface area contributed by atoms with E-state index in [0.29, 0.717) is 5.56 Å². The molecule has 0 radical (unpaired) electrons. The molecule has 2 heterocycles. The Morgan fingerprint density at radius 2 is 0.893 bits per heavy atom. The van der Waals surface area contributed by atoms with Crippen molar-refractivity contribution in [2.75, 3.05) is 0 Å². The molecule has 0 unspecified atom stereocenters. The van der Waals surface area contributed by atoms with Crippen molar-refractivity contribution in [2.45, 2.75) is 0 Å². The number of fused-ring (bicyclic) bond motifs is 9. The highest BCUT2D eigenvalue weighted by Crippen LogP contribution is 2.49. The second kappa shape index (κ2) is 12.0. The van der Waals surface area contributed by atoms with Gasteiger partial charge in [-0.3, -0.25) is 0 Å². The van der Waals surface area contributed by atoms with Crippen LogP contribution in [0.4, 0.5) is 0 Å². The second-order valence-electron chi connectivity index (χ2n) is 14.4. The number of furan rings is 2. The zero-order chi connectivity index (χ0) is 41.1. The third-order valence-corrected chi connectivity index (χ3v) is 11.3. The summed E-state index contributed by atoms with van der Waals surface area (Å²) in [5, 5.41) is 9.75. The molecular weight excluding hydrogens is 681 g/mol. The largest absolute Gasteiger partial charge is 0.456 e. The Kier molecular flexibility index (Phi) is 5.67. The van der Waals surface area contributed by atoms with Crippen molar-refractivity contribution in [2.24, 2.45) is 0 Å². The second-order valence-corrected chi connectivity index (χ2v) is 14.4. The predicted molar refractivity (Wildman–Crippen MR) is 235 cm³/mol. The van der Waals surface area contributed by atoms with Gasteiger partial charge in [-0.15, -0.1) is 0 Å². The van der Waals surface area contributed by atoms with Crippen LogP contribution in [0.5, 0.6) is 0 Å². The molecule has 12 aromatic rings. The van der Waals surface area contributed by atoms with Gasteiger partial charge in [0, 0.05) is 27.1 Å². The molecule has 2 aromatic heterocycles. The van der Waals surface area contributed by atoms with E-state index >= 15 is 0 Å². The Balaban J connectivity index is 1.19. The first-order valence-corrected chi connectivity index (χ1v) is 18.8. The van der Waals surface area contributed by atoms with E-state index in [1.54, 1.807) is 0 Å². The maximum atomic E-state index is 9.05. The quantitative estimate of drug-likeness (QED) is 0.169. The lowest BCUT2D eigenvalue weighted by molar-refractivity contribution is 0.668. The van der Waals surface area contributed by atoms with Crippen LogP contribution >= 0.6 is 0 Å². The topological polar surface area (TPSA) is 26.3 Å². The van der Waals surface area contributed by atoms with Gasteiger partial charge in [-0.2, -0.15) is 0 Å². The predicted octanol–water partition coefficient (Wildman–Crippen LogP) is 15.6. The van der Waals surface area contributed by atoms with Crippen LogP contribution in [0.3, 0.4) is 0 Å². The van der Waals surface area contributed by atoms with Gasteiger partial charge in [0.2, 0.25) is 0 Å². The Bertz CT molecular complexity index is 3750. The zero-order valence-corrected chi connectivity index (χ0v) is 29.9. The number of rotatable bonds is 4. The number of hydrogen-bond donors (Lipinski definition) is 0. The summed E-state index contributed by atoms with van der Waals surface area (Å²) in [5.41, 5.74) is 10.2. The average Bonchev–Trinajstić information content (AvgIpc) is 3.87. The van der Waals surface area contributed by atoms with Crippen molar-refractivity contribution in [1.29, 1.82) is 0 Å². The minimum atomic E-state index is -0.411. The van der Waals surface area contributed by atoms with Gasteiger partial charge < -0.3 is 8.83 Å². The lowest BCUT2D eigenvalue weighted by Crippen LogP contribution is -1.93. The maximum Gasteiger partial charge on any atom is 0.136 e. The van der Waals surface area contributed by atoms with Crippen LogP contribution in [0.15, 0.2) is 203 Å². The van der Waals surface area contributed by atoms with E-state index in [1.165, 1.54) is 0 Å². The molecule has 0 aliphatic carbocycles. The molecule has 2 heteroatoms. The summed E-state index contributed by atoms with van der Waals surface area (Å²) >= 11 is 0. The summed E-state index contributed by atoms with van der Waals surface area (Å²) in [6.45, 7) is 0. The van der Waals surface area contributed by atoms with Crippen LogP contribution in [0.1, 0.15) is 6.85 Å². The minimum absolute atomic E-state index is 0.190. The van der Waals surface area contributed by atoms with Crippen molar-refractivity contribution < 1.29 is 15.7 Å². The fraction of sp³-hybridized carbons (Fsp3) is 0. The molecule has 0 amide bonds. The molecule has 0 aliphatic rings. The third-order valence-electron chi connectivity index (χ3n) is 11.3. The monoisotopic (exact) mass is 717 g/mol. The SMILES string of the molecule is [2H]c1c([2H])c([2H])c(-c2c3ccccc3c(-c3cc(-c4ccc5oc6ccccc6c5c4-c4ccc5c(c4)oc4ccccc45)cc4ccccc34)c3ccccc23)c([2H])c1[2H]. The molecule has 260 valence electrons. The molecule has 0 fully saturated rings. The molecule has 12 rings (SSSR count). The highest BCUT2D eigenvalue weighted by atomic mass is 16.3. The summed E-state index contributed by atoms with van der Waals surface area (Å²) in [7, 11) is 0. The van der Waals surface area contributed by atoms with Gasteiger partial charge in [-0.1, -0.05) is 152 Å². The van der Waals surface area contributed by atoms with Crippen molar-refractivity contribution in [3.63, 3.8) is 0 Å². The van der Waals surface area contributed by atoms with E-state index in [0.717, 1.165) is 110 Å². The van der Waals surface area contributed by atoms with Crippen molar-refractivity contribution in [3.05, 3.63) is 194 Å². The van der Waals surface area contributed by atoms with Gasteiger partial charge in [0.15, 0.2) is 0 Å². The lowest BCUT2D eigenvalue weighted by atomic mass is 9.83. The van der Waals surface area contributed by atoms with Crippen LogP contribution in [0.2, 0.25) is 0 Å². The summed E-state index contributed by atoms with van der Waals surface area (Å²) in [4.78, 5) is 0. The van der Waals surface area contributed by atoms with E-state index in [-0.39, 0.29) is 29.7 Å². The van der Waals surface area contributed by atoms with Gasteiger partial charge in [-0.05, 0) is 114 Å². The molecule has 0 saturated heterocycles. The molecule has 2 nitrogen and oxygen atoms in total. The molecule has 0 N–H and O–H groups in total. The Hall–Kier alpha value is -7.42. The fourth-order valence-electron chi connectivity index (χ4n) is 8.97. The van der Waals surface area contributed by atoms with Crippen molar-refractivity contribution >= 4 is 76.2 Å².